The Bertz CT molecular complexity index is 686. The van der Waals surface area contributed by atoms with Crippen molar-refractivity contribution < 1.29 is 5.11 Å². The van der Waals surface area contributed by atoms with Crippen LogP contribution < -0.4 is 0 Å². The fraction of sp³-hybridized carbons (Fsp3) is 0.471. The normalized spacial score (nSPS) is 32.4. The van der Waals surface area contributed by atoms with E-state index in [-0.39, 0.29) is 12.1 Å². The summed E-state index contributed by atoms with van der Waals surface area (Å²) < 4.78 is 2.29. The summed E-state index contributed by atoms with van der Waals surface area (Å²) in [7, 11) is 0. The summed E-state index contributed by atoms with van der Waals surface area (Å²) in [5.41, 5.74) is 4.28. The van der Waals surface area contributed by atoms with Gasteiger partial charge in [0, 0.05) is 11.5 Å². The van der Waals surface area contributed by atoms with Gasteiger partial charge in [0.1, 0.15) is 0 Å². The molecule has 0 amide bonds. The topological polar surface area (TPSA) is 38.1 Å². The van der Waals surface area contributed by atoms with Gasteiger partial charge < -0.3 is 9.67 Å². The molecular formula is C17H18N2O. The van der Waals surface area contributed by atoms with Crippen molar-refractivity contribution in [1.29, 1.82) is 0 Å². The molecule has 2 aliphatic carbocycles. The van der Waals surface area contributed by atoms with Crippen LogP contribution in [0.3, 0.4) is 0 Å². The summed E-state index contributed by atoms with van der Waals surface area (Å²) in [5, 5.41) is 10.4. The van der Waals surface area contributed by atoms with Gasteiger partial charge in [0.05, 0.1) is 30.4 Å². The number of imidazole rings is 1. The predicted octanol–water partition coefficient (Wildman–Crippen LogP) is 3.00. The zero-order chi connectivity index (χ0) is 13.3. The van der Waals surface area contributed by atoms with Crippen molar-refractivity contribution in [2.75, 3.05) is 0 Å². The van der Waals surface area contributed by atoms with Gasteiger partial charge >= 0.3 is 0 Å². The van der Waals surface area contributed by atoms with E-state index in [1.165, 1.54) is 36.1 Å². The van der Waals surface area contributed by atoms with E-state index in [0.29, 0.717) is 11.3 Å². The number of aliphatic hydroxyl groups excluding tert-OH is 1. The molecule has 2 fully saturated rings. The summed E-state index contributed by atoms with van der Waals surface area (Å²) in [6.07, 6.45) is 8.65. The highest BCUT2D eigenvalue weighted by Gasteiger charge is 2.60. The van der Waals surface area contributed by atoms with E-state index in [9.17, 15) is 5.11 Å². The first-order chi connectivity index (χ1) is 9.80. The molecule has 1 spiro atoms. The van der Waals surface area contributed by atoms with Crippen molar-refractivity contribution in [2.45, 2.75) is 37.8 Å². The van der Waals surface area contributed by atoms with Crippen molar-refractivity contribution >= 4 is 0 Å². The average molecular weight is 266 g/mol. The van der Waals surface area contributed by atoms with Gasteiger partial charge in [-0.3, -0.25) is 0 Å². The highest BCUT2D eigenvalue weighted by molar-refractivity contribution is 5.69. The van der Waals surface area contributed by atoms with Crippen molar-refractivity contribution in [3.8, 4) is 11.3 Å². The minimum Gasteiger partial charge on any atom is -0.393 e. The second-order valence-electron chi connectivity index (χ2n) is 6.73. The number of benzene rings is 1. The van der Waals surface area contributed by atoms with Gasteiger partial charge in [-0.1, -0.05) is 30.7 Å². The van der Waals surface area contributed by atoms with Gasteiger partial charge in [0.15, 0.2) is 0 Å². The minimum atomic E-state index is -0.151. The second-order valence-corrected chi connectivity index (χ2v) is 6.73. The van der Waals surface area contributed by atoms with E-state index < -0.39 is 0 Å². The molecule has 0 bridgehead atoms. The van der Waals surface area contributed by atoms with Gasteiger partial charge in [-0.2, -0.15) is 0 Å². The van der Waals surface area contributed by atoms with Crippen LogP contribution in [0.5, 0.6) is 0 Å². The summed E-state index contributed by atoms with van der Waals surface area (Å²) >= 11 is 0. The molecule has 2 heterocycles. The van der Waals surface area contributed by atoms with Gasteiger partial charge in [-0.05, 0) is 30.2 Å². The maximum Gasteiger partial charge on any atom is 0.0956 e. The third-order valence-corrected chi connectivity index (χ3v) is 5.95. The lowest BCUT2D eigenvalue weighted by Crippen LogP contribution is -2.58. The van der Waals surface area contributed by atoms with E-state index in [2.05, 4.69) is 33.8 Å². The average Bonchev–Trinajstić information content (AvgIpc) is 2.97. The smallest absolute Gasteiger partial charge is 0.0956 e. The summed E-state index contributed by atoms with van der Waals surface area (Å²) in [5.74, 6) is 0.368. The van der Waals surface area contributed by atoms with Crippen LogP contribution in [0, 0.1) is 11.3 Å². The van der Waals surface area contributed by atoms with Gasteiger partial charge in [-0.15, -0.1) is 0 Å². The Morgan fingerprint density at radius 3 is 2.85 bits per heavy atom. The Morgan fingerprint density at radius 2 is 2.10 bits per heavy atom. The van der Waals surface area contributed by atoms with Crippen molar-refractivity contribution in [2.24, 2.45) is 11.3 Å². The molecule has 1 aliphatic heterocycles. The van der Waals surface area contributed by atoms with Crippen molar-refractivity contribution in [1.82, 2.24) is 9.55 Å². The minimum absolute atomic E-state index is 0.151. The first-order valence-corrected chi connectivity index (χ1v) is 7.59. The van der Waals surface area contributed by atoms with Crippen LogP contribution in [-0.4, -0.2) is 20.8 Å². The molecule has 3 nitrogen and oxygen atoms in total. The molecule has 5 rings (SSSR count). The van der Waals surface area contributed by atoms with E-state index in [1.807, 2.05) is 12.5 Å². The van der Waals surface area contributed by atoms with E-state index in [4.69, 9.17) is 0 Å². The maximum atomic E-state index is 10.4. The summed E-state index contributed by atoms with van der Waals surface area (Å²) in [6, 6.07) is 8.90. The Hall–Kier alpha value is -1.61. The number of rotatable bonds is 1. The van der Waals surface area contributed by atoms with E-state index >= 15 is 0 Å². The Balaban J connectivity index is 1.68. The quantitative estimate of drug-likeness (QED) is 0.861. The molecule has 20 heavy (non-hydrogen) atoms. The fourth-order valence-electron chi connectivity index (χ4n) is 4.88. The Morgan fingerprint density at radius 1 is 1.25 bits per heavy atom. The second kappa shape index (κ2) is 3.53. The lowest BCUT2D eigenvalue weighted by molar-refractivity contribution is -0.165. The van der Waals surface area contributed by atoms with Crippen LogP contribution in [0.15, 0.2) is 36.8 Å². The Kier molecular flexibility index (Phi) is 1.96. The molecule has 2 unspecified atom stereocenters. The van der Waals surface area contributed by atoms with Crippen molar-refractivity contribution in [3.63, 3.8) is 0 Å². The molecule has 3 aliphatic rings. The number of nitrogens with zero attached hydrogens (tertiary/aromatic N) is 2. The number of hydrogen-bond donors (Lipinski definition) is 1. The molecule has 102 valence electrons. The van der Waals surface area contributed by atoms with Gasteiger partial charge in [-0.25, -0.2) is 4.98 Å². The first-order valence-electron chi connectivity index (χ1n) is 7.59. The van der Waals surface area contributed by atoms with Gasteiger partial charge in [0.2, 0.25) is 0 Å². The number of aromatic nitrogens is 2. The molecule has 2 saturated carbocycles. The van der Waals surface area contributed by atoms with Crippen molar-refractivity contribution in [3.05, 3.63) is 42.4 Å². The van der Waals surface area contributed by atoms with Crippen LogP contribution in [0.2, 0.25) is 0 Å². The number of hydrogen-bond acceptors (Lipinski definition) is 2. The molecule has 3 heteroatoms. The third-order valence-electron chi connectivity index (χ3n) is 5.95. The molecule has 1 N–H and O–H groups in total. The molecular weight excluding hydrogens is 248 g/mol. The van der Waals surface area contributed by atoms with Crippen LogP contribution in [0.4, 0.5) is 0 Å². The highest BCUT2D eigenvalue weighted by atomic mass is 16.3. The number of aliphatic hydroxyl groups is 1. The molecule has 0 radical (unpaired) electrons. The maximum absolute atomic E-state index is 10.4. The lowest BCUT2D eigenvalue weighted by atomic mass is 9.46. The highest BCUT2D eigenvalue weighted by Crippen LogP contribution is 2.65. The fourth-order valence-corrected chi connectivity index (χ4v) is 4.88. The molecule has 2 aromatic rings. The molecule has 3 atom stereocenters. The summed E-state index contributed by atoms with van der Waals surface area (Å²) in [4.78, 5) is 4.33. The largest absolute Gasteiger partial charge is 0.393 e. The standard InChI is InChI=1S/C17H18N2O/c20-14-8-17(6-3-7-17)15(14)16-12-5-2-1-4-11(12)13-9-18-10-19(13)16/h1-2,4-5,9-10,14-16,20H,3,6-8H2/t14?,15?,16-/m1/s1. The van der Waals surface area contributed by atoms with E-state index in [0.717, 1.165) is 6.42 Å². The Labute approximate surface area is 118 Å². The molecule has 1 aromatic carbocycles. The van der Waals surface area contributed by atoms with Crippen LogP contribution in [0.1, 0.15) is 37.3 Å². The molecule has 0 saturated heterocycles. The van der Waals surface area contributed by atoms with Crippen LogP contribution >= 0.6 is 0 Å². The third kappa shape index (κ3) is 1.14. The number of fused-ring (bicyclic) bond motifs is 3. The monoisotopic (exact) mass is 266 g/mol. The van der Waals surface area contributed by atoms with Gasteiger partial charge in [0.25, 0.3) is 0 Å². The van der Waals surface area contributed by atoms with Crippen LogP contribution in [0.25, 0.3) is 11.3 Å². The molecule has 1 aromatic heterocycles. The van der Waals surface area contributed by atoms with Crippen LogP contribution in [-0.2, 0) is 0 Å². The zero-order valence-corrected chi connectivity index (χ0v) is 11.4. The summed E-state index contributed by atoms with van der Waals surface area (Å²) in [6.45, 7) is 0. The zero-order valence-electron chi connectivity index (χ0n) is 11.4. The predicted molar refractivity (Wildman–Crippen MR) is 76.2 cm³/mol. The van der Waals surface area contributed by atoms with E-state index in [1.54, 1.807) is 0 Å². The first kappa shape index (κ1) is 11.1. The lowest BCUT2D eigenvalue weighted by Gasteiger charge is -2.61. The SMILES string of the molecule is OC1CC2(CCC2)C1[C@H]1c2ccccc2-c2cncn21.